The van der Waals surface area contributed by atoms with Crippen molar-refractivity contribution in [3.05, 3.63) is 51.2 Å². The van der Waals surface area contributed by atoms with E-state index in [1.807, 2.05) is 24.1 Å². The maximum Gasteiger partial charge on any atom is 0.254 e. The van der Waals surface area contributed by atoms with Crippen molar-refractivity contribution in [1.82, 2.24) is 14.9 Å². The number of likely N-dealkylation sites (tertiary alicyclic amines) is 1. The van der Waals surface area contributed by atoms with E-state index in [1.54, 1.807) is 17.4 Å². The molecule has 0 saturated carbocycles. The van der Waals surface area contributed by atoms with Gasteiger partial charge in [-0.1, -0.05) is 0 Å². The number of benzene rings is 1. The number of nitrogens with zero attached hydrogens (tertiary/aromatic N) is 2. The van der Waals surface area contributed by atoms with Crippen molar-refractivity contribution in [2.45, 2.75) is 32.6 Å². The molecule has 3 heterocycles. The van der Waals surface area contributed by atoms with Crippen LogP contribution in [0.5, 0.6) is 0 Å². The Morgan fingerprint density at radius 1 is 1.32 bits per heavy atom. The minimum atomic E-state index is -0.260. The molecule has 1 aromatic carbocycles. The largest absolute Gasteiger partial charge is 0.342 e. The third kappa shape index (κ3) is 2.95. The average molecular weight is 357 g/mol. The van der Waals surface area contributed by atoms with Crippen LogP contribution in [0.1, 0.15) is 45.4 Å². The monoisotopic (exact) mass is 357 g/mol. The number of fused-ring (bicyclic) bond motifs is 1. The number of halogens is 1. The van der Waals surface area contributed by atoms with Crippen LogP contribution < -0.4 is 0 Å². The SMILES string of the molecule is Cc1scc(C(=O)N2CCC(c3nc4ccc(F)cc4[nH]3)CC2)c1C. The van der Waals surface area contributed by atoms with Crippen LogP contribution >= 0.6 is 11.3 Å². The van der Waals surface area contributed by atoms with Gasteiger partial charge in [0.25, 0.3) is 5.91 Å². The summed E-state index contributed by atoms with van der Waals surface area (Å²) >= 11 is 1.63. The second-order valence-electron chi connectivity index (χ2n) is 6.68. The number of carbonyl (C=O) groups excluding carboxylic acids is 1. The van der Waals surface area contributed by atoms with Crippen LogP contribution in [0.4, 0.5) is 4.39 Å². The first-order valence-electron chi connectivity index (χ1n) is 8.52. The number of aryl methyl sites for hydroxylation is 1. The third-order valence-corrected chi connectivity index (χ3v) is 6.16. The summed E-state index contributed by atoms with van der Waals surface area (Å²) in [4.78, 5) is 23.7. The Morgan fingerprint density at radius 3 is 2.76 bits per heavy atom. The molecule has 0 radical (unpaired) electrons. The fourth-order valence-electron chi connectivity index (χ4n) is 3.45. The number of piperidine rings is 1. The Hall–Kier alpha value is -2.21. The topological polar surface area (TPSA) is 49.0 Å². The summed E-state index contributed by atoms with van der Waals surface area (Å²) in [5, 5.41) is 1.97. The van der Waals surface area contributed by atoms with Gasteiger partial charge in [0.15, 0.2) is 0 Å². The van der Waals surface area contributed by atoms with Gasteiger partial charge in [0.1, 0.15) is 11.6 Å². The Balaban J connectivity index is 1.47. The number of nitrogens with one attached hydrogen (secondary N) is 1. The number of carbonyl (C=O) groups is 1. The second kappa shape index (κ2) is 6.26. The highest BCUT2D eigenvalue weighted by Crippen LogP contribution is 2.30. The third-order valence-electron chi connectivity index (χ3n) is 5.15. The predicted octanol–water partition coefficient (Wildman–Crippen LogP) is 4.40. The molecule has 3 aromatic rings. The number of amides is 1. The molecule has 130 valence electrons. The van der Waals surface area contributed by atoms with Crippen LogP contribution in [0.2, 0.25) is 0 Å². The van der Waals surface area contributed by atoms with Crippen molar-refractivity contribution >= 4 is 28.3 Å². The molecule has 1 N–H and O–H groups in total. The van der Waals surface area contributed by atoms with Gasteiger partial charge >= 0.3 is 0 Å². The zero-order valence-electron chi connectivity index (χ0n) is 14.3. The number of hydrogen-bond acceptors (Lipinski definition) is 3. The van der Waals surface area contributed by atoms with Crippen LogP contribution in [0.3, 0.4) is 0 Å². The van der Waals surface area contributed by atoms with Crippen LogP contribution in [0, 0.1) is 19.7 Å². The van der Waals surface area contributed by atoms with E-state index >= 15 is 0 Å². The maximum absolute atomic E-state index is 13.3. The lowest BCUT2D eigenvalue weighted by molar-refractivity contribution is 0.0711. The maximum atomic E-state index is 13.3. The van der Waals surface area contributed by atoms with E-state index in [2.05, 4.69) is 9.97 Å². The number of hydrogen-bond donors (Lipinski definition) is 1. The van der Waals surface area contributed by atoms with Crippen LogP contribution in [-0.2, 0) is 0 Å². The van der Waals surface area contributed by atoms with E-state index in [0.717, 1.165) is 53.9 Å². The van der Waals surface area contributed by atoms with Gasteiger partial charge in [-0.05, 0) is 50.5 Å². The van der Waals surface area contributed by atoms with E-state index in [0.29, 0.717) is 0 Å². The van der Waals surface area contributed by atoms with Gasteiger partial charge in [0.05, 0.1) is 16.6 Å². The number of H-pyrrole nitrogens is 1. The molecular formula is C19H20FN3OS. The Bertz CT molecular complexity index is 937. The molecular weight excluding hydrogens is 337 g/mol. The first-order chi connectivity index (χ1) is 12.0. The number of thiophene rings is 1. The van der Waals surface area contributed by atoms with Gasteiger partial charge in [-0.25, -0.2) is 9.37 Å². The highest BCUT2D eigenvalue weighted by atomic mass is 32.1. The van der Waals surface area contributed by atoms with E-state index in [9.17, 15) is 9.18 Å². The van der Waals surface area contributed by atoms with Crippen LogP contribution in [0.15, 0.2) is 23.6 Å². The van der Waals surface area contributed by atoms with E-state index < -0.39 is 0 Å². The standard InChI is InChI=1S/C19H20FN3OS/c1-11-12(2)25-10-15(11)19(24)23-7-5-13(6-8-23)18-21-16-4-3-14(20)9-17(16)22-18/h3-4,9-10,13H,5-8H2,1-2H3,(H,21,22). The molecule has 0 spiro atoms. The molecule has 1 amide bonds. The summed E-state index contributed by atoms with van der Waals surface area (Å²) < 4.78 is 13.3. The number of aromatic nitrogens is 2. The van der Waals surface area contributed by atoms with Crippen LogP contribution in [0.25, 0.3) is 11.0 Å². The molecule has 1 aliphatic rings. The highest BCUT2D eigenvalue weighted by Gasteiger charge is 2.27. The van der Waals surface area contributed by atoms with Crippen LogP contribution in [-0.4, -0.2) is 33.9 Å². The zero-order chi connectivity index (χ0) is 17.6. The molecule has 0 aliphatic carbocycles. The average Bonchev–Trinajstić information content (AvgIpc) is 3.18. The Morgan fingerprint density at radius 2 is 2.08 bits per heavy atom. The first kappa shape index (κ1) is 16.3. The van der Waals surface area contributed by atoms with Gasteiger partial charge in [-0.3, -0.25) is 4.79 Å². The summed E-state index contributed by atoms with van der Waals surface area (Å²) in [6.45, 7) is 5.51. The molecule has 0 bridgehead atoms. The Labute approximate surface area is 149 Å². The lowest BCUT2D eigenvalue weighted by atomic mass is 9.95. The van der Waals surface area contributed by atoms with Crippen molar-refractivity contribution in [2.75, 3.05) is 13.1 Å². The Kier molecular flexibility index (Phi) is 4.07. The minimum Gasteiger partial charge on any atom is -0.342 e. The second-order valence-corrected chi connectivity index (χ2v) is 7.76. The van der Waals surface area contributed by atoms with E-state index in [1.165, 1.54) is 17.0 Å². The number of rotatable bonds is 2. The molecule has 4 nitrogen and oxygen atoms in total. The highest BCUT2D eigenvalue weighted by molar-refractivity contribution is 7.10. The summed E-state index contributed by atoms with van der Waals surface area (Å²) in [5.74, 6) is 1.05. The smallest absolute Gasteiger partial charge is 0.254 e. The fourth-order valence-corrected chi connectivity index (χ4v) is 4.30. The molecule has 4 rings (SSSR count). The summed E-state index contributed by atoms with van der Waals surface area (Å²) in [6, 6.07) is 4.61. The molecule has 6 heteroatoms. The van der Waals surface area contributed by atoms with E-state index in [-0.39, 0.29) is 17.6 Å². The van der Waals surface area contributed by atoms with Crippen molar-refractivity contribution in [2.24, 2.45) is 0 Å². The fraction of sp³-hybridized carbons (Fsp3) is 0.368. The van der Waals surface area contributed by atoms with Crippen molar-refractivity contribution in [3.63, 3.8) is 0 Å². The predicted molar refractivity (Wildman–Crippen MR) is 97.7 cm³/mol. The summed E-state index contributed by atoms with van der Waals surface area (Å²) in [5.41, 5.74) is 3.45. The molecule has 0 atom stereocenters. The van der Waals surface area contributed by atoms with Crippen molar-refractivity contribution in [1.29, 1.82) is 0 Å². The van der Waals surface area contributed by atoms with Crippen molar-refractivity contribution in [3.8, 4) is 0 Å². The summed E-state index contributed by atoms with van der Waals surface area (Å²) in [6.07, 6.45) is 1.74. The van der Waals surface area contributed by atoms with E-state index in [4.69, 9.17) is 0 Å². The molecule has 0 unspecified atom stereocenters. The quantitative estimate of drug-likeness (QED) is 0.739. The zero-order valence-corrected chi connectivity index (χ0v) is 15.1. The number of aromatic amines is 1. The number of imidazole rings is 1. The lowest BCUT2D eigenvalue weighted by Gasteiger charge is -2.31. The van der Waals surface area contributed by atoms with Gasteiger partial charge in [-0.15, -0.1) is 11.3 Å². The first-order valence-corrected chi connectivity index (χ1v) is 9.40. The van der Waals surface area contributed by atoms with Gasteiger partial charge < -0.3 is 9.88 Å². The molecule has 25 heavy (non-hydrogen) atoms. The molecule has 2 aromatic heterocycles. The summed E-state index contributed by atoms with van der Waals surface area (Å²) in [7, 11) is 0. The van der Waals surface area contributed by atoms with Crippen molar-refractivity contribution < 1.29 is 9.18 Å². The lowest BCUT2D eigenvalue weighted by Crippen LogP contribution is -2.38. The normalized spacial score (nSPS) is 15.9. The molecule has 1 fully saturated rings. The molecule has 1 aliphatic heterocycles. The minimum absolute atomic E-state index is 0.131. The van der Waals surface area contributed by atoms with Gasteiger partial charge in [-0.2, -0.15) is 0 Å². The van der Waals surface area contributed by atoms with Gasteiger partial charge in [0, 0.05) is 29.3 Å². The van der Waals surface area contributed by atoms with Gasteiger partial charge in [0.2, 0.25) is 0 Å². The molecule has 1 saturated heterocycles.